The maximum atomic E-state index is 3.69. The van der Waals surface area contributed by atoms with Crippen molar-refractivity contribution >= 4 is 8.07 Å². The van der Waals surface area contributed by atoms with Crippen molar-refractivity contribution in [3.8, 4) is 44.8 Å². The smallest absolute Gasteiger partial charge is 0.127 e. The molecule has 2 aliphatic rings. The Balaban J connectivity index is 1.47. The third-order valence-corrected chi connectivity index (χ3v) is 14.2. The molecule has 0 amide bonds. The van der Waals surface area contributed by atoms with Crippen LogP contribution in [0.1, 0.15) is 184 Å². The average molecular weight is 763 g/mol. The van der Waals surface area contributed by atoms with E-state index in [0.29, 0.717) is 0 Å². The zero-order valence-electron chi connectivity index (χ0n) is 36.6. The molecule has 0 spiro atoms. The predicted molar refractivity (Wildman–Crippen MR) is 250 cm³/mol. The van der Waals surface area contributed by atoms with Crippen molar-refractivity contribution in [3.63, 3.8) is 0 Å². The van der Waals surface area contributed by atoms with Crippen molar-refractivity contribution in [2.75, 3.05) is 0 Å². The molecule has 0 bridgehead atoms. The van der Waals surface area contributed by atoms with Crippen LogP contribution in [-0.2, 0) is 10.8 Å². The van der Waals surface area contributed by atoms with Gasteiger partial charge in [-0.3, -0.25) is 0 Å². The number of fused-ring (bicyclic) bond motifs is 6. The molecule has 1 heteroatoms. The van der Waals surface area contributed by atoms with Crippen LogP contribution >= 0.6 is 0 Å². The van der Waals surface area contributed by atoms with Crippen LogP contribution in [0.15, 0.2) is 78.9 Å². The molecule has 56 heavy (non-hydrogen) atoms. The van der Waals surface area contributed by atoms with Crippen LogP contribution < -0.4 is 0 Å². The highest BCUT2D eigenvalue weighted by Gasteiger charge is 2.44. The number of rotatable bonds is 21. The zero-order chi connectivity index (χ0) is 39.6. The van der Waals surface area contributed by atoms with E-state index in [2.05, 4.69) is 138 Å². The summed E-state index contributed by atoms with van der Waals surface area (Å²) in [4.78, 5) is 0. The molecule has 0 heterocycles. The standard InChI is InChI=1S/C55H74Si/c1-8-12-16-22-35-54(36-23-17-13-9-2)50-27-21-20-26-46(50)48-32-29-44(41-52(48)54)45-30-33-49-47-31-28-43(34-39-56(5,6)7)40-51(47)55(53(49)42-45,37-24-18-14-10-3)38-25-19-15-11-4/h20-21,26-33,40-42H,8-19,22-25,35-38H2,1-7H3. The topological polar surface area (TPSA) is 0 Å². The van der Waals surface area contributed by atoms with Crippen molar-refractivity contribution in [2.45, 2.75) is 187 Å². The van der Waals surface area contributed by atoms with Crippen molar-refractivity contribution in [1.82, 2.24) is 0 Å². The Morgan fingerprint density at radius 1 is 0.411 bits per heavy atom. The predicted octanol–water partition coefficient (Wildman–Crippen LogP) is 17.0. The SMILES string of the molecule is CCCCCCC1(CCCCCC)c2ccccc2-c2ccc(-c3ccc4c(c3)C(CCCCCC)(CCCCCC)c3cc(C#C[Si](C)(C)C)ccc3-4)cc21. The van der Waals surface area contributed by atoms with E-state index < -0.39 is 8.07 Å². The lowest BCUT2D eigenvalue weighted by Crippen LogP contribution is -2.26. The molecule has 4 aromatic carbocycles. The Labute approximate surface area is 344 Å². The second-order valence-corrected chi connectivity index (χ2v) is 23.5. The van der Waals surface area contributed by atoms with Crippen molar-refractivity contribution < 1.29 is 0 Å². The number of unbranched alkanes of at least 4 members (excludes halogenated alkanes) is 12. The molecule has 0 aliphatic heterocycles. The van der Waals surface area contributed by atoms with Crippen LogP contribution in [-0.4, -0.2) is 8.07 Å². The highest BCUT2D eigenvalue weighted by molar-refractivity contribution is 6.83. The Morgan fingerprint density at radius 3 is 1.25 bits per heavy atom. The molecular weight excluding hydrogens is 689 g/mol. The van der Waals surface area contributed by atoms with E-state index in [0.717, 1.165) is 0 Å². The van der Waals surface area contributed by atoms with E-state index in [4.69, 9.17) is 0 Å². The molecule has 4 aromatic rings. The molecule has 6 rings (SSSR count). The summed E-state index contributed by atoms with van der Waals surface area (Å²) in [7, 11) is -1.49. The summed E-state index contributed by atoms with van der Waals surface area (Å²) in [6.45, 7) is 16.4. The fourth-order valence-electron chi connectivity index (χ4n) is 10.4. The van der Waals surface area contributed by atoms with Crippen LogP contribution in [0.3, 0.4) is 0 Å². The number of hydrogen-bond donors (Lipinski definition) is 0. The highest BCUT2D eigenvalue weighted by atomic mass is 28.3. The van der Waals surface area contributed by atoms with Crippen LogP contribution in [0.5, 0.6) is 0 Å². The van der Waals surface area contributed by atoms with Gasteiger partial charge in [-0.25, -0.2) is 0 Å². The summed E-state index contributed by atoms with van der Waals surface area (Å²) in [6.07, 6.45) is 25.9. The van der Waals surface area contributed by atoms with Crippen LogP contribution in [0, 0.1) is 11.5 Å². The summed E-state index contributed by atoms with van der Waals surface area (Å²) in [5, 5.41) is 0. The minimum absolute atomic E-state index is 0.0360. The minimum atomic E-state index is -1.49. The quantitative estimate of drug-likeness (QED) is 0.0450. The van der Waals surface area contributed by atoms with Gasteiger partial charge in [0.1, 0.15) is 8.07 Å². The molecule has 0 aromatic heterocycles. The van der Waals surface area contributed by atoms with E-state index in [1.807, 2.05) is 0 Å². The van der Waals surface area contributed by atoms with Gasteiger partial charge >= 0.3 is 0 Å². The van der Waals surface area contributed by atoms with Crippen LogP contribution in [0.4, 0.5) is 0 Å². The summed E-state index contributed by atoms with van der Waals surface area (Å²) in [6, 6.07) is 32.0. The van der Waals surface area contributed by atoms with E-state index in [1.165, 1.54) is 167 Å². The molecule has 0 unspecified atom stereocenters. The maximum Gasteiger partial charge on any atom is 0.129 e. The second-order valence-electron chi connectivity index (χ2n) is 18.7. The molecule has 0 saturated heterocycles. The Bertz CT molecular complexity index is 1930. The van der Waals surface area contributed by atoms with E-state index in [1.54, 1.807) is 22.3 Å². The monoisotopic (exact) mass is 763 g/mol. The summed E-state index contributed by atoms with van der Waals surface area (Å²) in [5.41, 5.74) is 20.1. The van der Waals surface area contributed by atoms with Gasteiger partial charge in [0.05, 0.1) is 0 Å². The third kappa shape index (κ3) is 9.18. The molecule has 0 fully saturated rings. The van der Waals surface area contributed by atoms with Gasteiger partial charge in [-0.1, -0.05) is 211 Å². The minimum Gasteiger partial charge on any atom is -0.127 e. The summed E-state index contributed by atoms with van der Waals surface area (Å²) in [5.74, 6) is 3.66. The maximum absolute atomic E-state index is 3.69. The average Bonchev–Trinajstić information content (AvgIpc) is 3.63. The highest BCUT2D eigenvalue weighted by Crippen LogP contribution is 2.57. The Hall–Kier alpha value is -3.34. The molecule has 0 N–H and O–H groups in total. The van der Waals surface area contributed by atoms with Gasteiger partial charge in [-0.15, -0.1) is 5.54 Å². The lowest BCUT2D eigenvalue weighted by Gasteiger charge is -2.34. The second kappa shape index (κ2) is 19.4. The van der Waals surface area contributed by atoms with Crippen LogP contribution in [0.2, 0.25) is 19.6 Å². The van der Waals surface area contributed by atoms with Gasteiger partial charge < -0.3 is 0 Å². The zero-order valence-corrected chi connectivity index (χ0v) is 37.6. The van der Waals surface area contributed by atoms with Crippen molar-refractivity contribution in [3.05, 3.63) is 107 Å². The van der Waals surface area contributed by atoms with Crippen molar-refractivity contribution in [1.29, 1.82) is 0 Å². The van der Waals surface area contributed by atoms with E-state index in [-0.39, 0.29) is 10.8 Å². The van der Waals surface area contributed by atoms with Crippen molar-refractivity contribution in [2.24, 2.45) is 0 Å². The molecule has 0 saturated carbocycles. The molecule has 0 nitrogen and oxygen atoms in total. The Morgan fingerprint density at radius 2 is 0.804 bits per heavy atom. The normalized spacial score (nSPS) is 14.5. The van der Waals surface area contributed by atoms with Gasteiger partial charge in [-0.2, -0.15) is 0 Å². The van der Waals surface area contributed by atoms with Gasteiger partial charge in [0.25, 0.3) is 0 Å². The van der Waals surface area contributed by atoms with E-state index >= 15 is 0 Å². The first-order chi connectivity index (χ1) is 27.2. The first-order valence-corrected chi connectivity index (χ1v) is 26.8. The molecule has 298 valence electrons. The van der Waals surface area contributed by atoms with Crippen LogP contribution in [0.25, 0.3) is 33.4 Å². The summed E-state index contributed by atoms with van der Waals surface area (Å²) < 4.78 is 0. The largest absolute Gasteiger partial charge is 0.129 e. The van der Waals surface area contributed by atoms with Gasteiger partial charge in [0.15, 0.2) is 0 Å². The van der Waals surface area contributed by atoms with E-state index in [9.17, 15) is 0 Å². The number of hydrogen-bond acceptors (Lipinski definition) is 0. The fourth-order valence-corrected chi connectivity index (χ4v) is 10.9. The van der Waals surface area contributed by atoms with Gasteiger partial charge in [0, 0.05) is 16.4 Å². The lowest BCUT2D eigenvalue weighted by molar-refractivity contribution is 0.400. The Kier molecular flexibility index (Phi) is 14.6. The first-order valence-electron chi connectivity index (χ1n) is 23.3. The molecule has 2 aliphatic carbocycles. The molecular formula is C55H74Si. The fraction of sp³-hybridized carbons (Fsp3) is 0.527. The third-order valence-electron chi connectivity index (χ3n) is 13.4. The number of benzene rings is 4. The first kappa shape index (κ1) is 42.3. The summed E-state index contributed by atoms with van der Waals surface area (Å²) >= 11 is 0. The van der Waals surface area contributed by atoms with Gasteiger partial charge in [0.2, 0.25) is 0 Å². The lowest BCUT2D eigenvalue weighted by atomic mass is 9.69. The molecule has 0 atom stereocenters. The van der Waals surface area contributed by atoms with Gasteiger partial charge in [-0.05, 0) is 106 Å². The molecule has 0 radical (unpaired) electrons.